The molecular formula is C45H77NO13. The molecular weight excluding hydrogens is 762 g/mol. The number of unbranched alkanes of at least 4 members (excludes halogenated alkanes) is 6. The first-order valence-electron chi connectivity index (χ1n) is 21.8. The van der Waals surface area contributed by atoms with E-state index in [1.807, 2.05) is 18.2 Å². The Morgan fingerprint density at radius 3 is 1.03 bits per heavy atom. The highest BCUT2D eigenvalue weighted by Crippen LogP contribution is 2.19. The predicted octanol–water partition coefficient (Wildman–Crippen LogP) is 6.20. The summed E-state index contributed by atoms with van der Waals surface area (Å²) in [6.07, 6.45) is 10.5. The zero-order chi connectivity index (χ0) is 41.8. The van der Waals surface area contributed by atoms with Crippen molar-refractivity contribution in [3.63, 3.8) is 0 Å². The molecule has 340 valence electrons. The maximum atomic E-state index is 5.83. The van der Waals surface area contributed by atoms with Gasteiger partial charge < -0.3 is 67.3 Å². The summed E-state index contributed by atoms with van der Waals surface area (Å²) >= 11 is 0. The van der Waals surface area contributed by atoms with Crippen LogP contribution in [0, 0.1) is 0 Å². The van der Waals surface area contributed by atoms with Gasteiger partial charge >= 0.3 is 0 Å². The maximum Gasteiger partial charge on any atom is 0.142 e. The maximum absolute atomic E-state index is 5.83. The first kappa shape index (κ1) is 52.5. The van der Waals surface area contributed by atoms with Crippen LogP contribution in [0.4, 0.5) is 5.69 Å². The Labute approximate surface area is 354 Å². The Kier molecular flexibility index (Phi) is 37.5. The molecule has 14 nitrogen and oxygen atoms in total. The van der Waals surface area contributed by atoms with Crippen LogP contribution in [-0.4, -0.2) is 159 Å². The van der Waals surface area contributed by atoms with Crippen molar-refractivity contribution in [2.24, 2.45) is 0 Å². The van der Waals surface area contributed by atoms with Crippen LogP contribution >= 0.6 is 0 Å². The minimum absolute atomic E-state index is 0.436. The van der Waals surface area contributed by atoms with Gasteiger partial charge in [0.05, 0.1) is 151 Å². The van der Waals surface area contributed by atoms with Gasteiger partial charge in [-0.3, -0.25) is 0 Å². The van der Waals surface area contributed by atoms with Gasteiger partial charge in [0.1, 0.15) is 24.7 Å². The van der Waals surface area contributed by atoms with Crippen LogP contribution in [-0.2, 0) is 58.5 Å². The number of hydrogen-bond donors (Lipinski definition) is 1. The average Bonchev–Trinajstić information content (AvgIpc) is 3.25. The Morgan fingerprint density at radius 1 is 0.339 bits per heavy atom. The Hall–Kier alpha value is -2.60. The summed E-state index contributed by atoms with van der Waals surface area (Å²) in [6.45, 7) is 14.3. The summed E-state index contributed by atoms with van der Waals surface area (Å²) in [5.74, 6) is 1.55. The molecule has 0 fully saturated rings. The molecule has 0 radical (unpaired) electrons. The largest absolute Gasteiger partial charge is 0.491 e. The standard InChI is InChI=1S/C45H77NO13/c1-2-3-4-5-6-7-8-11-42-14-16-43(17-15-42)58-40-38-56-36-34-54-32-30-52-28-26-50-24-22-48-20-18-47-19-21-49-23-25-51-27-29-53-31-33-55-35-37-57-39-41-59-45-13-10-9-12-44(45)46/h9-10,12-17H,2-8,11,18-41,46H2,1H3. The number of aryl methyl sites for hydroxylation is 1. The van der Waals surface area contributed by atoms with Crippen molar-refractivity contribution in [2.45, 2.75) is 58.3 Å². The van der Waals surface area contributed by atoms with E-state index in [9.17, 15) is 0 Å². The Bertz CT molecular complexity index is 1150. The van der Waals surface area contributed by atoms with Crippen LogP contribution < -0.4 is 15.2 Å². The molecule has 2 aromatic carbocycles. The van der Waals surface area contributed by atoms with E-state index in [1.165, 1.54) is 50.5 Å². The summed E-state index contributed by atoms with van der Waals surface area (Å²) in [4.78, 5) is 0. The van der Waals surface area contributed by atoms with Crippen LogP contribution in [0.5, 0.6) is 11.5 Å². The second-order valence-corrected chi connectivity index (χ2v) is 13.5. The lowest BCUT2D eigenvalue weighted by atomic mass is 10.0. The van der Waals surface area contributed by atoms with E-state index in [0.29, 0.717) is 170 Å². The van der Waals surface area contributed by atoms with Gasteiger partial charge in [-0.1, -0.05) is 69.7 Å². The van der Waals surface area contributed by atoms with E-state index in [-0.39, 0.29) is 0 Å². The van der Waals surface area contributed by atoms with E-state index in [4.69, 9.17) is 67.3 Å². The van der Waals surface area contributed by atoms with Crippen LogP contribution in [0.25, 0.3) is 0 Å². The molecule has 0 aromatic heterocycles. The molecule has 0 saturated heterocycles. The third-order valence-corrected chi connectivity index (χ3v) is 8.61. The minimum atomic E-state index is 0.436. The summed E-state index contributed by atoms with van der Waals surface area (Å²) in [7, 11) is 0. The van der Waals surface area contributed by atoms with Crippen molar-refractivity contribution in [1.29, 1.82) is 0 Å². The molecule has 0 aliphatic rings. The van der Waals surface area contributed by atoms with Gasteiger partial charge in [0.25, 0.3) is 0 Å². The second-order valence-electron chi connectivity index (χ2n) is 13.5. The fourth-order valence-corrected chi connectivity index (χ4v) is 5.38. The van der Waals surface area contributed by atoms with Gasteiger partial charge in [0.2, 0.25) is 0 Å². The molecule has 0 spiro atoms. The number of benzene rings is 2. The molecule has 0 unspecified atom stereocenters. The second kappa shape index (κ2) is 42.1. The van der Waals surface area contributed by atoms with E-state index in [2.05, 4.69) is 31.2 Å². The molecule has 0 heterocycles. The predicted molar refractivity (Wildman–Crippen MR) is 229 cm³/mol. The molecule has 0 bridgehead atoms. The van der Waals surface area contributed by atoms with Crippen LogP contribution in [0.1, 0.15) is 57.4 Å². The van der Waals surface area contributed by atoms with Crippen LogP contribution in [0.15, 0.2) is 48.5 Å². The molecule has 14 heteroatoms. The van der Waals surface area contributed by atoms with Gasteiger partial charge in [-0.2, -0.15) is 0 Å². The number of hydrogen-bond acceptors (Lipinski definition) is 14. The monoisotopic (exact) mass is 840 g/mol. The van der Waals surface area contributed by atoms with Gasteiger partial charge in [-0.25, -0.2) is 0 Å². The van der Waals surface area contributed by atoms with Gasteiger partial charge in [-0.15, -0.1) is 0 Å². The van der Waals surface area contributed by atoms with Gasteiger partial charge in [-0.05, 0) is 42.7 Å². The Morgan fingerprint density at radius 2 is 0.661 bits per heavy atom. The summed E-state index contributed by atoms with van der Waals surface area (Å²) in [5, 5.41) is 0. The smallest absolute Gasteiger partial charge is 0.142 e. The highest BCUT2D eigenvalue weighted by molar-refractivity contribution is 5.51. The highest BCUT2D eigenvalue weighted by Gasteiger charge is 2.01. The number of rotatable bonds is 46. The van der Waals surface area contributed by atoms with Crippen molar-refractivity contribution in [1.82, 2.24) is 0 Å². The molecule has 0 amide bonds. The summed E-state index contributed by atoms with van der Waals surface area (Å²) in [6, 6.07) is 15.8. The van der Waals surface area contributed by atoms with E-state index in [0.717, 1.165) is 12.2 Å². The lowest BCUT2D eigenvalue weighted by molar-refractivity contribution is -0.0279. The van der Waals surface area contributed by atoms with Crippen molar-refractivity contribution < 1.29 is 61.6 Å². The van der Waals surface area contributed by atoms with Crippen molar-refractivity contribution in [2.75, 3.05) is 164 Å². The third kappa shape index (κ3) is 34.8. The fourth-order valence-electron chi connectivity index (χ4n) is 5.38. The lowest BCUT2D eigenvalue weighted by Crippen LogP contribution is -2.15. The molecule has 0 atom stereocenters. The lowest BCUT2D eigenvalue weighted by Gasteiger charge is -2.10. The quantitative estimate of drug-likeness (QED) is 0.0596. The normalized spacial score (nSPS) is 11.4. The third-order valence-electron chi connectivity index (χ3n) is 8.61. The molecule has 0 aliphatic heterocycles. The highest BCUT2D eigenvalue weighted by atomic mass is 16.6. The number of para-hydroxylation sites is 2. The molecule has 2 N–H and O–H groups in total. The Balaban J connectivity index is 1.16. The fraction of sp³-hybridized carbons (Fsp3) is 0.733. The minimum Gasteiger partial charge on any atom is -0.491 e. The van der Waals surface area contributed by atoms with Crippen molar-refractivity contribution in [3.8, 4) is 11.5 Å². The number of nitrogens with two attached hydrogens (primary N) is 1. The van der Waals surface area contributed by atoms with Crippen LogP contribution in [0.3, 0.4) is 0 Å². The summed E-state index contributed by atoms with van der Waals surface area (Å²) in [5.41, 5.74) is 7.83. The average molecular weight is 840 g/mol. The van der Waals surface area contributed by atoms with Gasteiger partial charge in [0, 0.05) is 0 Å². The molecule has 2 aromatic rings. The van der Waals surface area contributed by atoms with Crippen LogP contribution in [0.2, 0.25) is 0 Å². The molecule has 0 aliphatic carbocycles. The van der Waals surface area contributed by atoms with E-state index in [1.54, 1.807) is 6.07 Å². The number of ether oxygens (including phenoxy) is 13. The SMILES string of the molecule is CCCCCCCCCc1ccc(OCCOCCOCCOCCOCCOCCOCCOCCOCCOCCOCCOCCOc2ccccc2N)cc1. The topological polar surface area (TPSA) is 146 Å². The number of nitrogen functional groups attached to an aromatic ring is 1. The first-order chi connectivity index (χ1) is 29.3. The summed E-state index contributed by atoms with van der Waals surface area (Å²) < 4.78 is 72.1. The zero-order valence-electron chi connectivity index (χ0n) is 36.1. The first-order valence-corrected chi connectivity index (χ1v) is 21.8. The molecule has 59 heavy (non-hydrogen) atoms. The number of anilines is 1. The van der Waals surface area contributed by atoms with Crippen molar-refractivity contribution in [3.05, 3.63) is 54.1 Å². The van der Waals surface area contributed by atoms with E-state index < -0.39 is 0 Å². The zero-order valence-corrected chi connectivity index (χ0v) is 36.1. The molecule has 0 saturated carbocycles. The van der Waals surface area contributed by atoms with Gasteiger partial charge in [0.15, 0.2) is 0 Å². The molecule has 2 rings (SSSR count). The van der Waals surface area contributed by atoms with E-state index >= 15 is 0 Å². The van der Waals surface area contributed by atoms with Crippen molar-refractivity contribution >= 4 is 5.69 Å².